The third kappa shape index (κ3) is 5.09. The first-order valence-corrected chi connectivity index (χ1v) is 7.35. The van der Waals surface area contributed by atoms with Crippen molar-refractivity contribution >= 4 is 22.4 Å². The van der Waals surface area contributed by atoms with E-state index < -0.39 is 22.9 Å². The fourth-order valence-electron chi connectivity index (χ4n) is 2.07. The summed E-state index contributed by atoms with van der Waals surface area (Å²) in [7, 11) is 0. The second-order valence-electron chi connectivity index (χ2n) is 4.70. The van der Waals surface area contributed by atoms with Gasteiger partial charge in [0, 0.05) is 0 Å². The summed E-state index contributed by atoms with van der Waals surface area (Å²) in [5.74, 6) is -0.439. The Kier molecular flexibility index (Phi) is 6.41. The molecule has 0 aliphatic carbocycles. The summed E-state index contributed by atoms with van der Waals surface area (Å²) < 4.78 is 24.7. The first-order valence-electron chi connectivity index (χ1n) is 6.54. The topological polar surface area (TPSA) is 75.1 Å². The lowest BCUT2D eigenvalue weighted by Gasteiger charge is -2.26. The van der Waals surface area contributed by atoms with E-state index in [0.29, 0.717) is 24.2 Å². The van der Waals surface area contributed by atoms with Gasteiger partial charge in [-0.1, -0.05) is 38.0 Å². The number of aromatic nitrogens is 2. The van der Waals surface area contributed by atoms with E-state index in [1.807, 2.05) is 13.8 Å². The van der Waals surface area contributed by atoms with Crippen LogP contribution in [0.25, 0.3) is 0 Å². The molecule has 0 bridgehead atoms. The summed E-state index contributed by atoms with van der Waals surface area (Å²) in [5, 5.41) is 19.1. The Bertz CT molecular complexity index is 434. The standard InChI is InChI=1S/C12H19F2N3O2S/c1-3-5-12(19,6-4-2)7-8(18)15-11-17-16-10(20-11)9(13)14/h9,19H,3-7H2,1-2H3,(H,15,17,18). The van der Waals surface area contributed by atoms with E-state index in [1.54, 1.807) is 0 Å². The molecule has 0 spiro atoms. The van der Waals surface area contributed by atoms with Gasteiger partial charge in [0.1, 0.15) is 0 Å². The van der Waals surface area contributed by atoms with Gasteiger partial charge in [-0.05, 0) is 12.8 Å². The molecule has 0 saturated carbocycles. The Balaban J connectivity index is 2.60. The van der Waals surface area contributed by atoms with Crippen molar-refractivity contribution in [1.82, 2.24) is 10.2 Å². The Hall–Kier alpha value is -1.15. The van der Waals surface area contributed by atoms with E-state index in [9.17, 15) is 18.7 Å². The fourth-order valence-corrected chi connectivity index (χ4v) is 2.68. The number of amides is 1. The van der Waals surface area contributed by atoms with Gasteiger partial charge in [-0.25, -0.2) is 8.78 Å². The van der Waals surface area contributed by atoms with Crippen molar-refractivity contribution in [3.8, 4) is 0 Å². The molecule has 0 radical (unpaired) electrons. The first kappa shape index (κ1) is 16.9. The number of alkyl halides is 2. The summed E-state index contributed by atoms with van der Waals surface area (Å²) in [6, 6.07) is 0. The first-order chi connectivity index (χ1) is 9.40. The van der Waals surface area contributed by atoms with E-state index in [2.05, 4.69) is 15.5 Å². The summed E-state index contributed by atoms with van der Waals surface area (Å²) >= 11 is 0.636. The van der Waals surface area contributed by atoms with E-state index in [1.165, 1.54) is 0 Å². The predicted molar refractivity (Wildman–Crippen MR) is 72.9 cm³/mol. The smallest absolute Gasteiger partial charge is 0.291 e. The third-order valence-corrected chi connectivity index (χ3v) is 3.64. The molecule has 0 aliphatic rings. The van der Waals surface area contributed by atoms with Crippen LogP contribution in [0.15, 0.2) is 0 Å². The maximum Gasteiger partial charge on any atom is 0.291 e. The van der Waals surface area contributed by atoms with Gasteiger partial charge in [0.25, 0.3) is 6.43 Å². The number of nitrogens with one attached hydrogen (secondary N) is 1. The average molecular weight is 307 g/mol. The number of rotatable bonds is 8. The molecule has 1 aromatic rings. The van der Waals surface area contributed by atoms with Crippen molar-refractivity contribution in [2.75, 3.05) is 5.32 Å². The molecular formula is C12H19F2N3O2S. The molecular weight excluding hydrogens is 288 g/mol. The molecule has 20 heavy (non-hydrogen) atoms. The fraction of sp³-hybridized carbons (Fsp3) is 0.750. The van der Waals surface area contributed by atoms with Gasteiger partial charge in [0.15, 0.2) is 5.01 Å². The number of halogens is 2. The highest BCUT2D eigenvalue weighted by Crippen LogP contribution is 2.27. The van der Waals surface area contributed by atoms with Crippen LogP contribution in [0.5, 0.6) is 0 Å². The molecule has 1 rings (SSSR count). The number of nitrogens with zero attached hydrogens (tertiary/aromatic N) is 2. The Morgan fingerprint density at radius 2 is 1.95 bits per heavy atom. The summed E-state index contributed by atoms with van der Waals surface area (Å²) in [4.78, 5) is 11.8. The largest absolute Gasteiger partial charge is 0.389 e. The molecule has 8 heteroatoms. The van der Waals surface area contributed by atoms with Crippen LogP contribution >= 0.6 is 11.3 Å². The summed E-state index contributed by atoms with van der Waals surface area (Å²) in [6.45, 7) is 3.86. The summed E-state index contributed by atoms with van der Waals surface area (Å²) in [5.41, 5.74) is -1.05. The Morgan fingerprint density at radius 1 is 1.35 bits per heavy atom. The molecule has 0 aliphatic heterocycles. The van der Waals surface area contributed by atoms with Gasteiger partial charge < -0.3 is 10.4 Å². The molecule has 1 amide bonds. The van der Waals surface area contributed by atoms with Crippen LogP contribution in [0.2, 0.25) is 0 Å². The van der Waals surface area contributed by atoms with Crippen LogP contribution in [0.4, 0.5) is 13.9 Å². The zero-order valence-corrected chi connectivity index (χ0v) is 12.3. The van der Waals surface area contributed by atoms with Gasteiger partial charge in [-0.2, -0.15) is 0 Å². The van der Waals surface area contributed by atoms with Gasteiger partial charge in [0.2, 0.25) is 11.0 Å². The van der Waals surface area contributed by atoms with E-state index >= 15 is 0 Å². The minimum atomic E-state index is -2.70. The van der Waals surface area contributed by atoms with Crippen molar-refractivity contribution in [2.45, 2.75) is 58.0 Å². The number of carbonyl (C=O) groups is 1. The maximum absolute atomic E-state index is 12.3. The number of carbonyl (C=O) groups excluding carboxylic acids is 1. The molecule has 5 nitrogen and oxygen atoms in total. The number of hydrogen-bond acceptors (Lipinski definition) is 5. The molecule has 0 atom stereocenters. The number of hydrogen-bond donors (Lipinski definition) is 2. The highest BCUT2D eigenvalue weighted by atomic mass is 32.1. The molecule has 1 aromatic heterocycles. The Morgan fingerprint density at radius 3 is 2.40 bits per heavy atom. The minimum absolute atomic E-state index is 0.0284. The number of aliphatic hydroxyl groups is 1. The van der Waals surface area contributed by atoms with Crippen LogP contribution in [-0.2, 0) is 4.79 Å². The quantitative estimate of drug-likeness (QED) is 0.773. The van der Waals surface area contributed by atoms with Crippen molar-refractivity contribution < 1.29 is 18.7 Å². The molecule has 0 fully saturated rings. The molecule has 114 valence electrons. The van der Waals surface area contributed by atoms with Crippen LogP contribution in [0, 0.1) is 0 Å². The van der Waals surface area contributed by atoms with E-state index in [4.69, 9.17) is 0 Å². The second-order valence-corrected chi connectivity index (χ2v) is 5.70. The molecule has 1 heterocycles. The molecule has 0 aromatic carbocycles. The van der Waals surface area contributed by atoms with Crippen LogP contribution in [-0.4, -0.2) is 26.8 Å². The summed E-state index contributed by atoms with van der Waals surface area (Å²) in [6.07, 6.45) is -0.205. The van der Waals surface area contributed by atoms with Crippen LogP contribution in [0.1, 0.15) is 57.4 Å². The zero-order valence-electron chi connectivity index (χ0n) is 11.5. The van der Waals surface area contributed by atoms with Gasteiger partial charge in [0.05, 0.1) is 12.0 Å². The highest BCUT2D eigenvalue weighted by Gasteiger charge is 2.28. The molecule has 2 N–H and O–H groups in total. The van der Waals surface area contributed by atoms with Crippen LogP contribution in [0.3, 0.4) is 0 Å². The predicted octanol–water partition coefficient (Wildman–Crippen LogP) is 3.14. The number of anilines is 1. The molecule has 0 unspecified atom stereocenters. The Labute approximate surface area is 120 Å². The van der Waals surface area contributed by atoms with Gasteiger partial charge >= 0.3 is 0 Å². The average Bonchev–Trinajstić information content (AvgIpc) is 2.77. The van der Waals surface area contributed by atoms with Crippen molar-refractivity contribution in [3.05, 3.63) is 5.01 Å². The van der Waals surface area contributed by atoms with E-state index in [0.717, 1.165) is 12.8 Å². The van der Waals surface area contributed by atoms with Crippen molar-refractivity contribution in [2.24, 2.45) is 0 Å². The van der Waals surface area contributed by atoms with Crippen molar-refractivity contribution in [1.29, 1.82) is 0 Å². The van der Waals surface area contributed by atoms with Crippen molar-refractivity contribution in [3.63, 3.8) is 0 Å². The maximum atomic E-state index is 12.3. The molecule has 0 saturated heterocycles. The third-order valence-electron chi connectivity index (χ3n) is 2.79. The van der Waals surface area contributed by atoms with Gasteiger partial charge in [-0.3, -0.25) is 4.79 Å². The van der Waals surface area contributed by atoms with E-state index in [-0.39, 0.29) is 11.6 Å². The van der Waals surface area contributed by atoms with Gasteiger partial charge in [-0.15, -0.1) is 10.2 Å². The minimum Gasteiger partial charge on any atom is -0.389 e. The SMILES string of the molecule is CCCC(O)(CCC)CC(=O)Nc1nnc(C(F)F)s1. The lowest BCUT2D eigenvalue weighted by molar-refractivity contribution is -0.121. The zero-order chi connectivity index (χ0) is 15.2. The lowest BCUT2D eigenvalue weighted by Crippen LogP contribution is -2.33. The van der Waals surface area contributed by atoms with Crippen LogP contribution < -0.4 is 5.32 Å². The second kappa shape index (κ2) is 7.58. The lowest BCUT2D eigenvalue weighted by atomic mass is 9.89. The monoisotopic (exact) mass is 307 g/mol. The normalized spacial score (nSPS) is 11.9. The highest BCUT2D eigenvalue weighted by molar-refractivity contribution is 7.15.